The Hall–Kier alpha value is -2.15. The summed E-state index contributed by atoms with van der Waals surface area (Å²) >= 11 is 2.27. The molecule has 0 spiro atoms. The number of aryl methyl sites for hydroxylation is 1. The van der Waals surface area contributed by atoms with Crippen LogP contribution >= 0.6 is 22.6 Å². The van der Waals surface area contributed by atoms with E-state index < -0.39 is 5.97 Å². The molecule has 128 valence electrons. The van der Waals surface area contributed by atoms with Gasteiger partial charge in [0.25, 0.3) is 0 Å². The fourth-order valence-corrected chi connectivity index (χ4v) is 2.74. The van der Waals surface area contributed by atoms with Crippen molar-refractivity contribution in [3.63, 3.8) is 0 Å². The van der Waals surface area contributed by atoms with Gasteiger partial charge in [-0.1, -0.05) is 25.1 Å². The summed E-state index contributed by atoms with van der Waals surface area (Å²) in [6, 6.07) is 13.4. The molecule has 1 aliphatic rings. The summed E-state index contributed by atoms with van der Waals surface area (Å²) < 4.78 is 12.2. The van der Waals surface area contributed by atoms with E-state index in [1.165, 1.54) is 0 Å². The lowest BCUT2D eigenvalue weighted by Crippen LogP contribution is -2.05. The number of hydrogen-bond donors (Lipinski definition) is 0. The lowest BCUT2D eigenvalue weighted by atomic mass is 10.1. The number of aliphatic imine (C=N–C) groups is 1. The summed E-state index contributed by atoms with van der Waals surface area (Å²) in [5.74, 6) is 0.623. The van der Waals surface area contributed by atoms with Crippen LogP contribution in [-0.4, -0.2) is 18.5 Å². The topological polar surface area (TPSA) is 47.9 Å². The molecule has 0 aliphatic carbocycles. The van der Waals surface area contributed by atoms with Crippen LogP contribution in [0, 0.1) is 10.5 Å². The molecular weight excluding hydrogens is 429 g/mol. The highest BCUT2D eigenvalue weighted by Crippen LogP contribution is 2.25. The molecule has 0 fully saturated rings. The Labute approximate surface area is 160 Å². The second-order valence-corrected chi connectivity index (χ2v) is 6.85. The standard InChI is InChI=1S/C20H18INO3/c1-3-10-24-18-7-5-4-6-14(18)12-17-20(23)25-19(22-17)15-8-9-16(21)13(2)11-15/h4-9,11-12H,3,10H2,1-2H3/b17-12-. The van der Waals surface area contributed by atoms with Crippen LogP contribution in [0.25, 0.3) is 6.08 Å². The van der Waals surface area contributed by atoms with Crippen LogP contribution in [0.15, 0.2) is 53.2 Å². The number of nitrogens with zero attached hydrogens (tertiary/aromatic N) is 1. The van der Waals surface area contributed by atoms with Crippen LogP contribution in [0.2, 0.25) is 0 Å². The SMILES string of the molecule is CCCOc1ccccc1/C=C1\N=C(c2ccc(I)c(C)c2)OC1=O. The molecule has 2 aromatic carbocycles. The summed E-state index contributed by atoms with van der Waals surface area (Å²) in [7, 11) is 0. The van der Waals surface area contributed by atoms with Gasteiger partial charge >= 0.3 is 5.97 Å². The molecule has 0 aromatic heterocycles. The van der Waals surface area contributed by atoms with Crippen molar-refractivity contribution in [2.24, 2.45) is 4.99 Å². The minimum atomic E-state index is -0.448. The molecular formula is C20H18INO3. The van der Waals surface area contributed by atoms with E-state index >= 15 is 0 Å². The number of para-hydroxylation sites is 1. The van der Waals surface area contributed by atoms with E-state index in [9.17, 15) is 4.79 Å². The van der Waals surface area contributed by atoms with Crippen LogP contribution in [-0.2, 0) is 9.53 Å². The molecule has 0 saturated carbocycles. The normalized spacial score (nSPS) is 15.2. The number of cyclic esters (lactones) is 1. The highest BCUT2D eigenvalue weighted by atomic mass is 127. The van der Waals surface area contributed by atoms with Crippen molar-refractivity contribution in [3.05, 3.63) is 68.4 Å². The molecule has 0 saturated heterocycles. The first-order valence-electron chi connectivity index (χ1n) is 8.09. The maximum Gasteiger partial charge on any atom is 0.363 e. The van der Waals surface area contributed by atoms with Gasteiger partial charge in [0.2, 0.25) is 5.90 Å². The average molecular weight is 447 g/mol. The molecule has 0 unspecified atom stereocenters. The number of rotatable bonds is 5. The zero-order valence-corrected chi connectivity index (χ0v) is 16.2. The molecule has 25 heavy (non-hydrogen) atoms. The van der Waals surface area contributed by atoms with Crippen LogP contribution in [0.1, 0.15) is 30.0 Å². The van der Waals surface area contributed by atoms with Crippen molar-refractivity contribution in [1.82, 2.24) is 0 Å². The number of esters is 1. The first kappa shape index (κ1) is 17.7. The zero-order valence-electron chi connectivity index (χ0n) is 14.1. The third kappa shape index (κ3) is 4.10. The van der Waals surface area contributed by atoms with E-state index in [0.717, 1.165) is 32.4 Å². The lowest BCUT2D eigenvalue weighted by Gasteiger charge is -2.07. The number of benzene rings is 2. The highest BCUT2D eigenvalue weighted by molar-refractivity contribution is 14.1. The monoisotopic (exact) mass is 447 g/mol. The second-order valence-electron chi connectivity index (χ2n) is 5.69. The Morgan fingerprint density at radius 3 is 2.80 bits per heavy atom. The first-order valence-corrected chi connectivity index (χ1v) is 9.17. The van der Waals surface area contributed by atoms with E-state index in [0.29, 0.717) is 12.5 Å². The summed E-state index contributed by atoms with van der Waals surface area (Å²) in [6.07, 6.45) is 2.63. The molecule has 0 amide bonds. The van der Waals surface area contributed by atoms with Crippen molar-refractivity contribution in [2.75, 3.05) is 6.61 Å². The highest BCUT2D eigenvalue weighted by Gasteiger charge is 2.24. The summed E-state index contributed by atoms with van der Waals surface area (Å²) in [4.78, 5) is 16.6. The minimum absolute atomic E-state index is 0.277. The molecule has 4 nitrogen and oxygen atoms in total. The lowest BCUT2D eigenvalue weighted by molar-refractivity contribution is -0.129. The van der Waals surface area contributed by atoms with E-state index in [-0.39, 0.29) is 5.70 Å². The Kier molecular flexibility index (Phi) is 5.53. The van der Waals surface area contributed by atoms with Gasteiger partial charge in [0.15, 0.2) is 5.70 Å². The quantitative estimate of drug-likeness (QED) is 0.378. The van der Waals surface area contributed by atoms with E-state index in [1.54, 1.807) is 6.08 Å². The number of ether oxygens (including phenoxy) is 2. The molecule has 2 aromatic rings. The van der Waals surface area contributed by atoms with Crippen molar-refractivity contribution >= 4 is 40.5 Å². The predicted octanol–water partition coefficient (Wildman–Crippen LogP) is 4.73. The van der Waals surface area contributed by atoms with Gasteiger partial charge < -0.3 is 9.47 Å². The molecule has 0 atom stereocenters. The van der Waals surface area contributed by atoms with Gasteiger partial charge in [-0.25, -0.2) is 9.79 Å². The fraction of sp³-hybridized carbons (Fsp3) is 0.200. The summed E-state index contributed by atoms with van der Waals surface area (Å²) in [5, 5.41) is 0. The second kappa shape index (κ2) is 7.82. The maximum atomic E-state index is 12.2. The maximum absolute atomic E-state index is 12.2. The van der Waals surface area contributed by atoms with Crippen molar-refractivity contribution in [1.29, 1.82) is 0 Å². The largest absolute Gasteiger partial charge is 0.493 e. The fourth-order valence-electron chi connectivity index (χ4n) is 2.40. The Morgan fingerprint density at radius 1 is 1.24 bits per heavy atom. The number of hydrogen-bond acceptors (Lipinski definition) is 4. The van der Waals surface area contributed by atoms with Gasteiger partial charge in [-0.2, -0.15) is 0 Å². The minimum Gasteiger partial charge on any atom is -0.493 e. The van der Waals surface area contributed by atoms with E-state index in [4.69, 9.17) is 9.47 Å². The molecule has 1 aliphatic heterocycles. The molecule has 3 rings (SSSR count). The van der Waals surface area contributed by atoms with Crippen LogP contribution < -0.4 is 4.74 Å². The number of carbonyl (C=O) groups is 1. The van der Waals surface area contributed by atoms with Crippen molar-refractivity contribution in [2.45, 2.75) is 20.3 Å². The molecule has 0 radical (unpaired) electrons. The third-order valence-corrected chi connectivity index (χ3v) is 4.91. The van der Waals surface area contributed by atoms with Crippen LogP contribution in [0.4, 0.5) is 0 Å². The Bertz CT molecular complexity index is 871. The summed E-state index contributed by atoms with van der Waals surface area (Å²) in [6.45, 7) is 4.69. The molecule has 5 heteroatoms. The first-order chi connectivity index (χ1) is 12.1. The Morgan fingerprint density at radius 2 is 2.04 bits per heavy atom. The number of halogens is 1. The van der Waals surface area contributed by atoms with E-state index in [2.05, 4.69) is 34.5 Å². The summed E-state index contributed by atoms with van der Waals surface area (Å²) in [5.41, 5.74) is 3.00. The van der Waals surface area contributed by atoms with Gasteiger partial charge in [-0.15, -0.1) is 0 Å². The van der Waals surface area contributed by atoms with Crippen LogP contribution in [0.5, 0.6) is 5.75 Å². The van der Waals surface area contributed by atoms with Crippen LogP contribution in [0.3, 0.4) is 0 Å². The zero-order chi connectivity index (χ0) is 17.8. The molecule has 0 N–H and O–H groups in total. The van der Waals surface area contributed by atoms with Gasteiger partial charge in [-0.05, 0) is 71.8 Å². The van der Waals surface area contributed by atoms with E-state index in [1.807, 2.05) is 49.4 Å². The van der Waals surface area contributed by atoms with Gasteiger partial charge in [0.05, 0.1) is 6.61 Å². The Balaban J connectivity index is 1.92. The van der Waals surface area contributed by atoms with Gasteiger partial charge in [-0.3, -0.25) is 0 Å². The average Bonchev–Trinajstić information content (AvgIpc) is 2.97. The number of carbonyl (C=O) groups excluding carboxylic acids is 1. The van der Waals surface area contributed by atoms with Gasteiger partial charge in [0, 0.05) is 14.7 Å². The van der Waals surface area contributed by atoms with Gasteiger partial charge in [0.1, 0.15) is 5.75 Å². The molecule has 1 heterocycles. The smallest absolute Gasteiger partial charge is 0.363 e. The van der Waals surface area contributed by atoms with Crippen molar-refractivity contribution in [3.8, 4) is 5.75 Å². The van der Waals surface area contributed by atoms with Crippen molar-refractivity contribution < 1.29 is 14.3 Å². The third-order valence-electron chi connectivity index (χ3n) is 3.70. The predicted molar refractivity (Wildman–Crippen MR) is 107 cm³/mol. The molecule has 0 bridgehead atoms.